The van der Waals surface area contributed by atoms with Crippen LogP contribution >= 0.6 is 0 Å². The molecule has 32 heavy (non-hydrogen) atoms. The van der Waals surface area contributed by atoms with Crippen LogP contribution in [0.15, 0.2) is 103 Å². The summed E-state index contributed by atoms with van der Waals surface area (Å²) in [7, 11) is 0. The summed E-state index contributed by atoms with van der Waals surface area (Å²) in [4.78, 5) is 34.9. The zero-order chi connectivity index (χ0) is 21.7. The fourth-order valence-electron chi connectivity index (χ4n) is 4.84. The molecule has 2 fully saturated rings. The number of rotatable bonds is 3. The Hall–Kier alpha value is -3.96. The van der Waals surface area contributed by atoms with Crippen molar-refractivity contribution >= 4 is 34.0 Å². The van der Waals surface area contributed by atoms with E-state index >= 15 is 0 Å². The Morgan fingerprint density at radius 2 is 1.31 bits per heavy atom. The maximum atomic E-state index is 13.8. The van der Waals surface area contributed by atoms with Gasteiger partial charge in [-0.05, 0) is 29.1 Å². The molecule has 5 nitrogen and oxygen atoms in total. The largest absolute Gasteiger partial charge is 0.273 e. The zero-order valence-electron chi connectivity index (χ0n) is 17.2. The van der Waals surface area contributed by atoms with Gasteiger partial charge in [-0.25, -0.2) is 9.96 Å². The molecule has 0 radical (unpaired) electrons. The fraction of sp³-hybridized carbons (Fsp3) is 0.111. The predicted molar refractivity (Wildman–Crippen MR) is 123 cm³/mol. The van der Waals surface area contributed by atoms with E-state index in [4.69, 9.17) is 4.84 Å². The van der Waals surface area contributed by atoms with Crippen LogP contribution in [0.2, 0.25) is 0 Å². The first-order chi connectivity index (χ1) is 15.7. The van der Waals surface area contributed by atoms with Crippen molar-refractivity contribution in [3.05, 3.63) is 109 Å². The van der Waals surface area contributed by atoms with Crippen molar-refractivity contribution in [1.82, 2.24) is 0 Å². The number of imide groups is 1. The molecule has 0 saturated carbocycles. The van der Waals surface area contributed by atoms with E-state index in [0.717, 1.165) is 22.0 Å². The molecular formula is C27H20N2O3. The van der Waals surface area contributed by atoms with Crippen LogP contribution in [0.1, 0.15) is 11.6 Å². The number of amides is 2. The van der Waals surface area contributed by atoms with E-state index in [-0.39, 0.29) is 11.8 Å². The number of carbonyl (C=O) groups is 2. The van der Waals surface area contributed by atoms with E-state index in [1.54, 1.807) is 5.06 Å². The second kappa shape index (κ2) is 7.32. The third-order valence-electron chi connectivity index (χ3n) is 6.27. The van der Waals surface area contributed by atoms with Crippen LogP contribution in [-0.2, 0) is 14.4 Å². The normalized spacial score (nSPS) is 22.6. The first-order valence-electron chi connectivity index (χ1n) is 10.7. The van der Waals surface area contributed by atoms with Gasteiger partial charge in [0.15, 0.2) is 6.10 Å². The van der Waals surface area contributed by atoms with Crippen LogP contribution in [0.3, 0.4) is 0 Å². The minimum absolute atomic E-state index is 0.233. The Morgan fingerprint density at radius 3 is 2.09 bits per heavy atom. The van der Waals surface area contributed by atoms with E-state index in [1.807, 2.05) is 103 Å². The smallest absolute Gasteiger partial charge is 0.266 e. The van der Waals surface area contributed by atoms with Crippen LogP contribution in [0.4, 0.5) is 11.4 Å². The lowest BCUT2D eigenvalue weighted by atomic mass is 9.90. The highest BCUT2D eigenvalue weighted by molar-refractivity contribution is 6.26. The molecule has 6 rings (SSSR count). The SMILES string of the molecule is O=C1[C@H]2[C@H](ON(c3ccccc3)[C@@H]2c2ccccc2)C(=O)N1c1cccc2ccccc12. The molecule has 0 aliphatic carbocycles. The predicted octanol–water partition coefficient (Wildman–Crippen LogP) is 4.89. The number of fused-ring (bicyclic) bond motifs is 2. The lowest BCUT2D eigenvalue weighted by Crippen LogP contribution is -2.37. The van der Waals surface area contributed by atoms with Crippen molar-refractivity contribution in [2.45, 2.75) is 12.1 Å². The number of anilines is 2. The van der Waals surface area contributed by atoms with Crippen molar-refractivity contribution < 1.29 is 14.4 Å². The highest BCUT2D eigenvalue weighted by atomic mass is 16.7. The molecule has 5 heteroatoms. The monoisotopic (exact) mass is 420 g/mol. The molecule has 4 aromatic carbocycles. The number of para-hydroxylation sites is 1. The van der Waals surface area contributed by atoms with Gasteiger partial charge in [0.1, 0.15) is 5.92 Å². The highest BCUT2D eigenvalue weighted by Crippen LogP contribution is 2.48. The van der Waals surface area contributed by atoms with E-state index in [0.29, 0.717) is 5.69 Å². The van der Waals surface area contributed by atoms with Gasteiger partial charge in [-0.15, -0.1) is 0 Å². The number of benzene rings is 4. The van der Waals surface area contributed by atoms with Gasteiger partial charge < -0.3 is 0 Å². The van der Waals surface area contributed by atoms with Crippen LogP contribution in [0, 0.1) is 5.92 Å². The standard InChI is InChI=1S/C27H20N2O3/c30-26-23-24(19-11-3-1-4-12-19)29(20-14-5-2-6-15-20)32-25(23)27(31)28(26)22-17-9-13-18-10-7-8-16-21(18)22/h1-17,23-25H/t23-,24-,25+/m1/s1. The summed E-state index contributed by atoms with van der Waals surface area (Å²) in [5.74, 6) is -1.19. The van der Waals surface area contributed by atoms with Crippen LogP contribution < -0.4 is 9.96 Å². The Labute approximate surface area is 185 Å². The number of nitrogens with zero attached hydrogens (tertiary/aromatic N) is 2. The third kappa shape index (κ3) is 2.75. The summed E-state index contributed by atoms with van der Waals surface area (Å²) in [6.45, 7) is 0. The van der Waals surface area contributed by atoms with Gasteiger partial charge in [0.05, 0.1) is 17.4 Å². The Balaban J connectivity index is 1.47. The molecule has 0 unspecified atom stereocenters. The van der Waals surface area contributed by atoms with Crippen LogP contribution in [-0.4, -0.2) is 17.9 Å². The Bertz CT molecular complexity index is 1320. The molecule has 156 valence electrons. The summed E-state index contributed by atoms with van der Waals surface area (Å²) in [6.07, 6.45) is -0.869. The summed E-state index contributed by atoms with van der Waals surface area (Å²) in [5.41, 5.74) is 2.35. The molecule has 2 heterocycles. The average Bonchev–Trinajstić information content (AvgIpc) is 3.36. The van der Waals surface area contributed by atoms with Gasteiger partial charge in [-0.2, -0.15) is 0 Å². The van der Waals surface area contributed by atoms with E-state index in [1.165, 1.54) is 4.90 Å². The summed E-state index contributed by atoms with van der Waals surface area (Å²) >= 11 is 0. The second-order valence-electron chi connectivity index (χ2n) is 8.08. The average molecular weight is 420 g/mol. The van der Waals surface area contributed by atoms with Gasteiger partial charge in [-0.3, -0.25) is 14.4 Å². The first kappa shape index (κ1) is 18.8. The second-order valence-corrected chi connectivity index (χ2v) is 8.08. The Morgan fingerprint density at radius 1 is 0.656 bits per heavy atom. The molecule has 0 aromatic heterocycles. The van der Waals surface area contributed by atoms with E-state index in [9.17, 15) is 9.59 Å². The maximum absolute atomic E-state index is 13.8. The Kier molecular flexibility index (Phi) is 4.30. The van der Waals surface area contributed by atoms with Gasteiger partial charge in [0, 0.05) is 5.39 Å². The lowest BCUT2D eigenvalue weighted by molar-refractivity contribution is -0.126. The first-order valence-corrected chi connectivity index (χ1v) is 10.7. The van der Waals surface area contributed by atoms with Gasteiger partial charge in [-0.1, -0.05) is 84.9 Å². The fourth-order valence-corrected chi connectivity index (χ4v) is 4.84. The topological polar surface area (TPSA) is 49.9 Å². The maximum Gasteiger partial charge on any atom is 0.266 e. The third-order valence-corrected chi connectivity index (χ3v) is 6.27. The van der Waals surface area contributed by atoms with E-state index < -0.39 is 18.1 Å². The number of hydrogen-bond donors (Lipinski definition) is 0. The molecular weight excluding hydrogens is 400 g/mol. The van der Waals surface area contributed by atoms with Crippen molar-refractivity contribution in [3.8, 4) is 0 Å². The zero-order valence-corrected chi connectivity index (χ0v) is 17.2. The number of hydroxylamine groups is 1. The summed E-state index contributed by atoms with van der Waals surface area (Å²) in [6, 6.07) is 32.4. The van der Waals surface area contributed by atoms with Gasteiger partial charge >= 0.3 is 0 Å². The van der Waals surface area contributed by atoms with Crippen LogP contribution in [0.5, 0.6) is 0 Å². The molecule has 4 aromatic rings. The van der Waals surface area contributed by atoms with Gasteiger partial charge in [0.2, 0.25) is 5.91 Å². The van der Waals surface area contributed by atoms with Crippen molar-refractivity contribution in [2.24, 2.45) is 5.92 Å². The molecule has 2 aliphatic heterocycles. The summed E-state index contributed by atoms with van der Waals surface area (Å²) in [5, 5.41) is 3.57. The molecule has 2 aliphatic rings. The van der Waals surface area contributed by atoms with Crippen molar-refractivity contribution in [3.63, 3.8) is 0 Å². The van der Waals surface area contributed by atoms with Crippen molar-refractivity contribution in [2.75, 3.05) is 9.96 Å². The molecule has 0 N–H and O–H groups in total. The molecule has 2 saturated heterocycles. The molecule has 3 atom stereocenters. The van der Waals surface area contributed by atoms with Crippen LogP contribution in [0.25, 0.3) is 10.8 Å². The lowest BCUT2D eigenvalue weighted by Gasteiger charge is -2.29. The number of carbonyl (C=O) groups excluding carboxylic acids is 2. The molecule has 0 bridgehead atoms. The number of hydrogen-bond acceptors (Lipinski definition) is 4. The van der Waals surface area contributed by atoms with Gasteiger partial charge in [0.25, 0.3) is 5.91 Å². The van der Waals surface area contributed by atoms with E-state index in [2.05, 4.69) is 0 Å². The highest BCUT2D eigenvalue weighted by Gasteiger charge is 2.60. The molecule has 2 amide bonds. The molecule has 0 spiro atoms. The van der Waals surface area contributed by atoms with Crippen molar-refractivity contribution in [1.29, 1.82) is 0 Å². The summed E-state index contributed by atoms with van der Waals surface area (Å²) < 4.78 is 0. The quantitative estimate of drug-likeness (QED) is 0.443. The minimum atomic E-state index is -0.869. The minimum Gasteiger partial charge on any atom is -0.273 e.